The molecule has 0 aliphatic carbocycles. The molecule has 2 rings (SSSR count). The predicted octanol–water partition coefficient (Wildman–Crippen LogP) is 3.74. The molecule has 1 heterocycles. The van der Waals surface area contributed by atoms with Gasteiger partial charge in [0.25, 0.3) is 0 Å². The fourth-order valence-corrected chi connectivity index (χ4v) is 2.03. The average Bonchev–Trinajstić information content (AvgIpc) is 2.62. The van der Waals surface area contributed by atoms with Gasteiger partial charge in [0.2, 0.25) is 0 Å². The van der Waals surface area contributed by atoms with E-state index in [0.29, 0.717) is 5.69 Å². The van der Waals surface area contributed by atoms with Crippen LogP contribution in [-0.4, -0.2) is 14.9 Å². The number of halogens is 3. The molecule has 0 unspecified atom stereocenters. The molecule has 1 N–H and O–H groups in total. The topological polar surface area (TPSA) is 38.1 Å². The maximum atomic E-state index is 13.3. The van der Waals surface area contributed by atoms with Gasteiger partial charge in [0.05, 0.1) is 11.2 Å². The van der Waals surface area contributed by atoms with E-state index >= 15 is 0 Å². The summed E-state index contributed by atoms with van der Waals surface area (Å²) >= 11 is 0. The maximum absolute atomic E-state index is 13.3. The molecule has 1 aromatic carbocycles. The van der Waals surface area contributed by atoms with Crippen molar-refractivity contribution in [3.63, 3.8) is 0 Å². The second-order valence-corrected chi connectivity index (χ2v) is 5.62. The molecule has 3 nitrogen and oxygen atoms in total. The van der Waals surface area contributed by atoms with Crippen LogP contribution >= 0.6 is 0 Å². The Bertz CT molecular complexity index is 649. The van der Waals surface area contributed by atoms with E-state index in [2.05, 4.69) is 5.10 Å². The number of hydrogen-bond acceptors (Lipinski definition) is 2. The van der Waals surface area contributed by atoms with Crippen LogP contribution in [0.2, 0.25) is 0 Å². The van der Waals surface area contributed by atoms with Crippen LogP contribution in [0.4, 0.5) is 13.2 Å². The first-order chi connectivity index (χ1) is 9.12. The van der Waals surface area contributed by atoms with E-state index in [1.54, 1.807) is 11.6 Å². The van der Waals surface area contributed by atoms with Crippen molar-refractivity contribution < 1.29 is 18.3 Å². The SMILES string of the molecule is Cc1c(O)c(-c2cc(F)c(F)c(F)c2)nn1C(C)(C)C. The van der Waals surface area contributed by atoms with Gasteiger partial charge >= 0.3 is 0 Å². The molecule has 20 heavy (non-hydrogen) atoms. The average molecular weight is 284 g/mol. The molecule has 0 fully saturated rings. The van der Waals surface area contributed by atoms with Crippen LogP contribution in [0.5, 0.6) is 5.75 Å². The van der Waals surface area contributed by atoms with Crippen LogP contribution < -0.4 is 0 Å². The zero-order valence-corrected chi connectivity index (χ0v) is 11.6. The third-order valence-corrected chi connectivity index (χ3v) is 2.98. The second-order valence-electron chi connectivity index (χ2n) is 5.62. The fourth-order valence-electron chi connectivity index (χ4n) is 2.03. The lowest BCUT2D eigenvalue weighted by atomic mass is 10.1. The van der Waals surface area contributed by atoms with Crippen molar-refractivity contribution >= 4 is 0 Å². The molecular formula is C14H15F3N2O. The summed E-state index contributed by atoms with van der Waals surface area (Å²) in [5.74, 6) is -4.35. The first-order valence-corrected chi connectivity index (χ1v) is 6.07. The van der Waals surface area contributed by atoms with Gasteiger partial charge in [0.1, 0.15) is 5.69 Å². The van der Waals surface area contributed by atoms with Gasteiger partial charge in [-0.25, -0.2) is 13.2 Å². The Morgan fingerprint density at radius 2 is 1.60 bits per heavy atom. The van der Waals surface area contributed by atoms with Gasteiger partial charge in [-0.1, -0.05) is 0 Å². The van der Waals surface area contributed by atoms with E-state index in [9.17, 15) is 18.3 Å². The lowest BCUT2D eigenvalue weighted by molar-refractivity contribution is 0.345. The van der Waals surface area contributed by atoms with Crippen molar-refractivity contribution in [2.45, 2.75) is 33.2 Å². The minimum absolute atomic E-state index is 0.00926. The molecule has 2 aromatic rings. The summed E-state index contributed by atoms with van der Waals surface area (Å²) in [5.41, 5.74) is 0.0783. The molecule has 0 bridgehead atoms. The molecule has 0 saturated carbocycles. The zero-order valence-electron chi connectivity index (χ0n) is 11.6. The monoisotopic (exact) mass is 284 g/mol. The number of rotatable bonds is 1. The van der Waals surface area contributed by atoms with Crippen molar-refractivity contribution in [3.8, 4) is 17.0 Å². The summed E-state index contributed by atoms with van der Waals surface area (Å²) in [4.78, 5) is 0. The Labute approximate surface area is 114 Å². The minimum atomic E-state index is -1.54. The summed E-state index contributed by atoms with van der Waals surface area (Å²) in [6, 6.07) is 1.62. The highest BCUT2D eigenvalue weighted by molar-refractivity contribution is 5.67. The predicted molar refractivity (Wildman–Crippen MR) is 68.9 cm³/mol. The van der Waals surface area contributed by atoms with Crippen LogP contribution in [0.1, 0.15) is 26.5 Å². The highest BCUT2D eigenvalue weighted by atomic mass is 19.2. The van der Waals surface area contributed by atoms with E-state index in [4.69, 9.17) is 0 Å². The van der Waals surface area contributed by atoms with E-state index in [1.807, 2.05) is 20.8 Å². The minimum Gasteiger partial charge on any atom is -0.504 e. The summed E-state index contributed by atoms with van der Waals surface area (Å²) in [5, 5.41) is 14.2. The standard InChI is InChI=1S/C14H15F3N2O/c1-7-13(20)12(18-19(7)14(2,3)4)8-5-9(15)11(17)10(16)6-8/h5-6,20H,1-4H3. The highest BCUT2D eigenvalue weighted by Crippen LogP contribution is 2.34. The smallest absolute Gasteiger partial charge is 0.194 e. The molecule has 0 spiro atoms. The molecular weight excluding hydrogens is 269 g/mol. The second kappa shape index (κ2) is 4.54. The Morgan fingerprint density at radius 3 is 2.00 bits per heavy atom. The number of aromatic hydroxyl groups is 1. The van der Waals surface area contributed by atoms with Gasteiger partial charge in [0, 0.05) is 5.56 Å². The van der Waals surface area contributed by atoms with Crippen molar-refractivity contribution in [2.75, 3.05) is 0 Å². The molecule has 1 aromatic heterocycles. The van der Waals surface area contributed by atoms with Crippen molar-refractivity contribution in [1.29, 1.82) is 0 Å². The van der Waals surface area contributed by atoms with Crippen molar-refractivity contribution in [2.24, 2.45) is 0 Å². The molecule has 0 aliphatic rings. The summed E-state index contributed by atoms with van der Waals surface area (Å²) in [7, 11) is 0. The van der Waals surface area contributed by atoms with Crippen molar-refractivity contribution in [1.82, 2.24) is 9.78 Å². The number of hydrogen-bond donors (Lipinski definition) is 1. The number of nitrogens with zero attached hydrogens (tertiary/aromatic N) is 2. The van der Waals surface area contributed by atoms with Gasteiger partial charge in [0.15, 0.2) is 23.2 Å². The molecule has 0 atom stereocenters. The van der Waals surface area contributed by atoms with Crippen LogP contribution in [0, 0.1) is 24.4 Å². The summed E-state index contributed by atoms with van der Waals surface area (Å²) < 4.78 is 41.1. The van der Waals surface area contributed by atoms with Crippen LogP contribution in [0.15, 0.2) is 12.1 Å². The lowest BCUT2D eigenvalue weighted by Crippen LogP contribution is -2.24. The van der Waals surface area contributed by atoms with Gasteiger partial charge < -0.3 is 5.11 Å². The fraction of sp³-hybridized carbons (Fsp3) is 0.357. The third kappa shape index (κ3) is 2.26. The Hall–Kier alpha value is -1.98. The summed E-state index contributed by atoms with van der Waals surface area (Å²) in [6.45, 7) is 7.28. The quantitative estimate of drug-likeness (QED) is 0.810. The van der Waals surface area contributed by atoms with Crippen LogP contribution in [0.25, 0.3) is 11.3 Å². The Morgan fingerprint density at radius 1 is 1.10 bits per heavy atom. The molecule has 0 amide bonds. The number of aromatic nitrogens is 2. The molecule has 0 radical (unpaired) electrons. The lowest BCUT2D eigenvalue weighted by Gasteiger charge is -2.20. The molecule has 0 aliphatic heterocycles. The first-order valence-electron chi connectivity index (χ1n) is 6.07. The largest absolute Gasteiger partial charge is 0.504 e. The van der Waals surface area contributed by atoms with Crippen molar-refractivity contribution in [3.05, 3.63) is 35.3 Å². The van der Waals surface area contributed by atoms with Gasteiger partial charge in [-0.15, -0.1) is 0 Å². The van der Waals surface area contributed by atoms with E-state index in [-0.39, 0.29) is 17.0 Å². The number of benzene rings is 1. The normalized spacial score (nSPS) is 11.9. The molecule has 108 valence electrons. The first kappa shape index (κ1) is 14.4. The zero-order chi connectivity index (χ0) is 15.2. The van der Waals surface area contributed by atoms with E-state index < -0.39 is 23.0 Å². The van der Waals surface area contributed by atoms with E-state index in [1.165, 1.54) is 0 Å². The van der Waals surface area contributed by atoms with Gasteiger partial charge in [-0.3, -0.25) is 4.68 Å². The van der Waals surface area contributed by atoms with Gasteiger partial charge in [-0.2, -0.15) is 5.10 Å². The van der Waals surface area contributed by atoms with Crippen LogP contribution in [0.3, 0.4) is 0 Å². The Kier molecular flexibility index (Phi) is 3.28. The van der Waals surface area contributed by atoms with E-state index in [0.717, 1.165) is 12.1 Å². The summed E-state index contributed by atoms with van der Waals surface area (Å²) in [6.07, 6.45) is 0. The molecule has 6 heteroatoms. The van der Waals surface area contributed by atoms with Gasteiger partial charge in [-0.05, 0) is 39.8 Å². The molecule has 0 saturated heterocycles. The third-order valence-electron chi connectivity index (χ3n) is 2.98. The maximum Gasteiger partial charge on any atom is 0.194 e. The van der Waals surface area contributed by atoms with Crippen LogP contribution in [-0.2, 0) is 5.54 Å². The highest BCUT2D eigenvalue weighted by Gasteiger charge is 2.24. The Balaban J connectivity index is 2.66.